The molecule has 5 heteroatoms. The Morgan fingerprint density at radius 2 is 2.04 bits per heavy atom. The fourth-order valence-corrected chi connectivity index (χ4v) is 2.59. The number of hydrogen-bond donors (Lipinski definition) is 0. The first-order valence-electron chi connectivity index (χ1n) is 8.17. The van der Waals surface area contributed by atoms with E-state index in [-0.39, 0.29) is 6.29 Å². The van der Waals surface area contributed by atoms with Crippen molar-refractivity contribution >= 4 is 13.3 Å². The minimum Gasteiger partial charge on any atom is -0.488 e. The third-order valence-corrected chi connectivity index (χ3v) is 3.91. The smallest absolute Gasteiger partial charge is 0.158 e. The van der Waals surface area contributed by atoms with Gasteiger partial charge in [-0.2, -0.15) is 0 Å². The number of benzene rings is 1. The average Bonchev–Trinajstić information content (AvgIpc) is 2.61. The van der Waals surface area contributed by atoms with Crippen LogP contribution in [0.25, 0.3) is 0 Å². The van der Waals surface area contributed by atoms with Crippen LogP contribution in [0.3, 0.4) is 0 Å². The third-order valence-electron chi connectivity index (χ3n) is 3.91. The van der Waals surface area contributed by atoms with E-state index >= 15 is 0 Å². The van der Waals surface area contributed by atoms with Gasteiger partial charge < -0.3 is 14.2 Å². The van der Waals surface area contributed by atoms with Crippen molar-refractivity contribution in [2.24, 2.45) is 0 Å². The highest BCUT2D eigenvalue weighted by Gasteiger charge is 2.14. The normalized spacial score (nSPS) is 17.8. The second-order valence-corrected chi connectivity index (χ2v) is 5.82. The molecule has 3 rings (SSSR count). The molecular formula is C18H22BNO3. The predicted molar refractivity (Wildman–Crippen MR) is 91.6 cm³/mol. The summed E-state index contributed by atoms with van der Waals surface area (Å²) in [5.41, 5.74) is 3.12. The molecule has 1 aliphatic heterocycles. The van der Waals surface area contributed by atoms with Gasteiger partial charge >= 0.3 is 0 Å². The molecule has 4 nitrogen and oxygen atoms in total. The van der Waals surface area contributed by atoms with E-state index < -0.39 is 0 Å². The highest BCUT2D eigenvalue weighted by molar-refractivity contribution is 6.34. The lowest BCUT2D eigenvalue weighted by atomic mass is 9.95. The molecule has 2 aromatic rings. The lowest BCUT2D eigenvalue weighted by molar-refractivity contribution is -0.169. The number of nitrogens with zero attached hydrogens (tertiary/aromatic N) is 1. The molecule has 120 valence electrons. The van der Waals surface area contributed by atoms with Gasteiger partial charge in [-0.3, -0.25) is 4.98 Å². The fourth-order valence-electron chi connectivity index (χ4n) is 2.59. The summed E-state index contributed by atoms with van der Waals surface area (Å²) in [6.45, 7) is 1.82. The molecule has 1 fully saturated rings. The van der Waals surface area contributed by atoms with E-state index in [1.165, 1.54) is 6.42 Å². The highest BCUT2D eigenvalue weighted by atomic mass is 16.7. The van der Waals surface area contributed by atoms with Gasteiger partial charge in [0.15, 0.2) is 6.29 Å². The number of pyridine rings is 1. The van der Waals surface area contributed by atoms with E-state index in [1.54, 1.807) is 6.20 Å². The molecule has 0 saturated carbocycles. The first-order chi connectivity index (χ1) is 11.3. The maximum atomic E-state index is 5.84. The number of hydrogen-bond acceptors (Lipinski definition) is 4. The summed E-state index contributed by atoms with van der Waals surface area (Å²) in [6, 6.07) is 12.1. The molecule has 0 bridgehead atoms. The summed E-state index contributed by atoms with van der Waals surface area (Å²) in [5.74, 6) is 0.812. The van der Waals surface area contributed by atoms with Gasteiger partial charge in [-0.1, -0.05) is 30.3 Å². The predicted octanol–water partition coefficient (Wildman–Crippen LogP) is 1.96. The molecule has 0 radical (unpaired) electrons. The van der Waals surface area contributed by atoms with Gasteiger partial charge in [-0.25, -0.2) is 0 Å². The van der Waals surface area contributed by atoms with Crippen LogP contribution < -0.4 is 10.2 Å². The van der Waals surface area contributed by atoms with Crippen molar-refractivity contribution in [3.05, 3.63) is 53.9 Å². The van der Waals surface area contributed by atoms with E-state index in [2.05, 4.69) is 17.1 Å². The minimum atomic E-state index is -0.0835. The van der Waals surface area contributed by atoms with Crippen molar-refractivity contribution in [3.63, 3.8) is 0 Å². The van der Waals surface area contributed by atoms with E-state index in [9.17, 15) is 0 Å². The van der Waals surface area contributed by atoms with Crippen molar-refractivity contribution in [3.8, 4) is 5.75 Å². The Hall–Kier alpha value is -1.85. The summed E-state index contributed by atoms with van der Waals surface area (Å²) in [5, 5.41) is 0. The Balaban J connectivity index is 1.52. The zero-order valence-corrected chi connectivity index (χ0v) is 13.5. The lowest BCUT2D eigenvalue weighted by Gasteiger charge is -2.22. The Morgan fingerprint density at radius 3 is 2.78 bits per heavy atom. The largest absolute Gasteiger partial charge is 0.488 e. The first kappa shape index (κ1) is 16.0. The minimum absolute atomic E-state index is 0.0835. The molecule has 23 heavy (non-hydrogen) atoms. The van der Waals surface area contributed by atoms with Crippen molar-refractivity contribution in [2.45, 2.75) is 38.8 Å². The molecule has 2 heterocycles. The van der Waals surface area contributed by atoms with Gasteiger partial charge in [0.1, 0.15) is 20.2 Å². The molecule has 1 unspecified atom stereocenters. The maximum Gasteiger partial charge on any atom is 0.158 e. The molecule has 0 spiro atoms. The summed E-state index contributed by atoms with van der Waals surface area (Å²) in [7, 11) is 2.03. The molecular weight excluding hydrogens is 289 g/mol. The van der Waals surface area contributed by atoms with E-state index in [0.29, 0.717) is 13.2 Å². The summed E-state index contributed by atoms with van der Waals surface area (Å²) in [4.78, 5) is 4.43. The monoisotopic (exact) mass is 311 g/mol. The first-order valence-corrected chi connectivity index (χ1v) is 8.17. The van der Waals surface area contributed by atoms with Crippen molar-refractivity contribution in [1.29, 1.82) is 0 Å². The van der Waals surface area contributed by atoms with Crippen LogP contribution in [0.4, 0.5) is 0 Å². The van der Waals surface area contributed by atoms with Gasteiger partial charge in [0.25, 0.3) is 0 Å². The zero-order chi connectivity index (χ0) is 15.9. The molecule has 1 saturated heterocycles. The zero-order valence-electron chi connectivity index (χ0n) is 13.5. The van der Waals surface area contributed by atoms with Crippen LogP contribution in [0.5, 0.6) is 5.75 Å². The van der Waals surface area contributed by atoms with Crippen LogP contribution in [-0.2, 0) is 22.7 Å². The van der Waals surface area contributed by atoms with Gasteiger partial charge in [-0.05, 0) is 36.4 Å². The summed E-state index contributed by atoms with van der Waals surface area (Å²) >= 11 is 0. The topological polar surface area (TPSA) is 40.6 Å². The molecule has 0 amide bonds. The average molecular weight is 311 g/mol. The van der Waals surface area contributed by atoms with Crippen LogP contribution in [0.2, 0.25) is 0 Å². The molecule has 0 aliphatic carbocycles. The van der Waals surface area contributed by atoms with Crippen LogP contribution in [-0.4, -0.2) is 25.7 Å². The van der Waals surface area contributed by atoms with Crippen molar-refractivity contribution < 1.29 is 14.2 Å². The van der Waals surface area contributed by atoms with Gasteiger partial charge in [0.05, 0.1) is 18.5 Å². The van der Waals surface area contributed by atoms with Crippen LogP contribution in [0, 0.1) is 0 Å². The van der Waals surface area contributed by atoms with Gasteiger partial charge in [0.2, 0.25) is 0 Å². The van der Waals surface area contributed by atoms with E-state index in [1.807, 2.05) is 32.1 Å². The second kappa shape index (κ2) is 8.13. The van der Waals surface area contributed by atoms with Crippen LogP contribution in [0.1, 0.15) is 30.5 Å². The number of aromatic nitrogens is 1. The Bertz CT molecular complexity index is 615. The summed E-state index contributed by atoms with van der Waals surface area (Å²) < 4.78 is 17.2. The maximum absolute atomic E-state index is 5.84. The quantitative estimate of drug-likeness (QED) is 0.765. The Kier molecular flexibility index (Phi) is 5.67. The fraction of sp³-hybridized carbons (Fsp3) is 0.389. The standard InChI is InChI=1S/C18H22BNO3/c19-16-10-15(13-23-18-8-4-5-9-21-18)20-11-17(16)22-12-14-6-2-1-3-7-14/h1-3,6-7,10-11,18H,4-5,8-9,12-13,19H2. The lowest BCUT2D eigenvalue weighted by Crippen LogP contribution is -2.22. The van der Waals surface area contributed by atoms with Crippen molar-refractivity contribution in [2.75, 3.05) is 6.61 Å². The van der Waals surface area contributed by atoms with Gasteiger partial charge in [0, 0.05) is 6.61 Å². The van der Waals surface area contributed by atoms with Crippen LogP contribution in [0.15, 0.2) is 42.6 Å². The number of rotatable bonds is 6. The molecule has 1 atom stereocenters. The second-order valence-electron chi connectivity index (χ2n) is 5.82. The van der Waals surface area contributed by atoms with Gasteiger partial charge in [-0.15, -0.1) is 0 Å². The molecule has 1 aromatic heterocycles. The SMILES string of the molecule is Bc1cc(COC2CCCCO2)ncc1OCc1ccccc1. The van der Waals surface area contributed by atoms with E-state index in [4.69, 9.17) is 14.2 Å². The Morgan fingerprint density at radius 1 is 1.17 bits per heavy atom. The molecule has 1 aromatic carbocycles. The molecule has 0 N–H and O–H groups in total. The summed E-state index contributed by atoms with van der Waals surface area (Å²) in [6.07, 6.45) is 4.96. The van der Waals surface area contributed by atoms with Crippen molar-refractivity contribution in [1.82, 2.24) is 4.98 Å². The highest BCUT2D eigenvalue weighted by Crippen LogP contribution is 2.15. The van der Waals surface area contributed by atoms with Crippen LogP contribution >= 0.6 is 0 Å². The third kappa shape index (κ3) is 4.81. The molecule has 1 aliphatic rings. The number of ether oxygens (including phenoxy) is 3. The Labute approximate surface area is 138 Å². The van der Waals surface area contributed by atoms with E-state index in [0.717, 1.165) is 41.9 Å².